The molecule has 2 unspecified atom stereocenters. The number of furan rings is 1. The lowest BCUT2D eigenvalue weighted by atomic mass is 9.91. The maximum absolute atomic E-state index is 6.63. The number of nitrogens with zero attached hydrogens (tertiary/aromatic N) is 1. The van der Waals surface area contributed by atoms with E-state index in [0.717, 1.165) is 55.6 Å². The Morgan fingerprint density at radius 3 is 1.77 bits per heavy atom. The Kier molecular flexibility index (Phi) is 6.73. The molecule has 0 fully saturated rings. The van der Waals surface area contributed by atoms with Gasteiger partial charge in [0, 0.05) is 16.3 Å². The predicted molar refractivity (Wildman–Crippen MR) is 220 cm³/mol. The number of amidine groups is 1. The summed E-state index contributed by atoms with van der Waals surface area (Å²) in [4.78, 5) is 5.40. The van der Waals surface area contributed by atoms with Crippen LogP contribution in [0.15, 0.2) is 185 Å². The number of hydrogen-bond acceptors (Lipinski definition) is 4. The van der Waals surface area contributed by atoms with Gasteiger partial charge in [0.1, 0.15) is 29.3 Å². The van der Waals surface area contributed by atoms with E-state index in [1.54, 1.807) is 0 Å². The van der Waals surface area contributed by atoms with Crippen molar-refractivity contribution in [2.75, 3.05) is 0 Å². The maximum atomic E-state index is 6.63. The Balaban J connectivity index is 1.12. The van der Waals surface area contributed by atoms with Gasteiger partial charge in [-0.1, -0.05) is 152 Å². The van der Waals surface area contributed by atoms with Crippen molar-refractivity contribution in [3.63, 3.8) is 0 Å². The van der Waals surface area contributed by atoms with Gasteiger partial charge < -0.3 is 9.73 Å². The minimum atomic E-state index is -0.266. The molecule has 250 valence electrons. The molecule has 9 aromatic carbocycles. The number of rotatable bonds is 4. The maximum Gasteiger partial charge on any atom is 0.136 e. The second-order valence-corrected chi connectivity index (χ2v) is 14.0. The van der Waals surface area contributed by atoms with Crippen LogP contribution in [0, 0.1) is 0 Å². The third-order valence-corrected chi connectivity index (χ3v) is 10.9. The molecule has 0 radical (unpaired) electrons. The van der Waals surface area contributed by atoms with Gasteiger partial charge in [0.25, 0.3) is 0 Å². The van der Waals surface area contributed by atoms with Crippen molar-refractivity contribution in [3.05, 3.63) is 193 Å². The van der Waals surface area contributed by atoms with E-state index in [0.29, 0.717) is 0 Å². The lowest BCUT2D eigenvalue weighted by Gasteiger charge is -2.32. The highest BCUT2D eigenvalue weighted by atomic mass is 16.3. The summed E-state index contributed by atoms with van der Waals surface area (Å²) in [6.07, 6.45) is -0.422. The van der Waals surface area contributed by atoms with Crippen LogP contribution in [0.2, 0.25) is 0 Å². The largest absolute Gasteiger partial charge is 0.456 e. The van der Waals surface area contributed by atoms with Crippen LogP contribution in [0.5, 0.6) is 0 Å². The predicted octanol–water partition coefficient (Wildman–Crippen LogP) is 12.2. The van der Waals surface area contributed by atoms with E-state index in [1.807, 2.05) is 0 Å². The minimum Gasteiger partial charge on any atom is -0.456 e. The van der Waals surface area contributed by atoms with Gasteiger partial charge in [0.15, 0.2) is 0 Å². The Morgan fingerprint density at radius 2 is 1.04 bits per heavy atom. The van der Waals surface area contributed by atoms with E-state index in [2.05, 4.69) is 187 Å². The van der Waals surface area contributed by atoms with Crippen molar-refractivity contribution in [1.29, 1.82) is 0 Å². The fourth-order valence-electron chi connectivity index (χ4n) is 8.44. The molecule has 2 N–H and O–H groups in total. The van der Waals surface area contributed by atoms with E-state index in [1.165, 1.54) is 43.1 Å². The third kappa shape index (κ3) is 4.84. The van der Waals surface area contributed by atoms with Gasteiger partial charge >= 0.3 is 0 Å². The lowest BCUT2D eigenvalue weighted by Crippen LogP contribution is -2.45. The van der Waals surface area contributed by atoms with Gasteiger partial charge in [0.05, 0.1) is 0 Å². The van der Waals surface area contributed by atoms with Gasteiger partial charge in [-0.25, -0.2) is 4.99 Å². The second-order valence-electron chi connectivity index (χ2n) is 14.0. The van der Waals surface area contributed by atoms with Crippen LogP contribution in [0.4, 0.5) is 0 Å². The highest BCUT2D eigenvalue weighted by Crippen LogP contribution is 2.42. The first-order valence-electron chi connectivity index (χ1n) is 18.2. The molecule has 0 saturated carbocycles. The lowest BCUT2D eigenvalue weighted by molar-refractivity contribution is 0.409. The van der Waals surface area contributed by atoms with Crippen LogP contribution < -0.4 is 10.6 Å². The Bertz CT molecular complexity index is 3050. The van der Waals surface area contributed by atoms with Crippen LogP contribution >= 0.6 is 0 Å². The number of nitrogens with one attached hydrogen (secondary N) is 2. The number of hydrogen-bond donors (Lipinski definition) is 2. The number of aliphatic imine (C=N–C) groups is 1. The van der Waals surface area contributed by atoms with Crippen molar-refractivity contribution >= 4 is 70.9 Å². The molecule has 11 rings (SSSR count). The van der Waals surface area contributed by atoms with E-state index in [4.69, 9.17) is 9.41 Å². The molecule has 53 heavy (non-hydrogen) atoms. The van der Waals surface area contributed by atoms with E-state index >= 15 is 0 Å². The van der Waals surface area contributed by atoms with Crippen molar-refractivity contribution in [1.82, 2.24) is 10.6 Å². The zero-order chi connectivity index (χ0) is 34.9. The quantitative estimate of drug-likeness (QED) is 0.182. The van der Waals surface area contributed by atoms with E-state index < -0.39 is 0 Å². The molecule has 1 aromatic heterocycles. The molecule has 2 heterocycles. The monoisotopic (exact) mass is 679 g/mol. The highest BCUT2D eigenvalue weighted by molar-refractivity contribution is 6.27. The Morgan fingerprint density at radius 1 is 0.434 bits per heavy atom. The second kappa shape index (κ2) is 11.9. The first-order valence-corrected chi connectivity index (χ1v) is 18.2. The molecule has 0 spiro atoms. The molecule has 2 atom stereocenters. The molecular formula is C49H33N3O. The van der Waals surface area contributed by atoms with Gasteiger partial charge in [-0.15, -0.1) is 0 Å². The third-order valence-electron chi connectivity index (χ3n) is 10.9. The van der Waals surface area contributed by atoms with Crippen molar-refractivity contribution in [3.8, 4) is 11.1 Å². The summed E-state index contributed by atoms with van der Waals surface area (Å²) in [5, 5.41) is 19.7. The van der Waals surface area contributed by atoms with Gasteiger partial charge in [0.2, 0.25) is 0 Å². The number of fused-ring (bicyclic) bond motifs is 10. The molecule has 0 saturated heterocycles. The summed E-state index contributed by atoms with van der Waals surface area (Å²) in [6, 6.07) is 62.8. The molecule has 0 aliphatic carbocycles. The minimum absolute atomic E-state index is 0.156. The van der Waals surface area contributed by atoms with Gasteiger partial charge in [-0.3, -0.25) is 5.32 Å². The smallest absolute Gasteiger partial charge is 0.136 e. The Hall–Kier alpha value is -6.75. The molecular weight excluding hydrogens is 647 g/mol. The van der Waals surface area contributed by atoms with Gasteiger partial charge in [-0.05, 0) is 89.6 Å². The summed E-state index contributed by atoms with van der Waals surface area (Å²) < 4.78 is 6.63. The van der Waals surface area contributed by atoms with Crippen LogP contribution in [0.1, 0.15) is 29.0 Å². The van der Waals surface area contributed by atoms with Crippen LogP contribution in [0.3, 0.4) is 0 Å². The average molecular weight is 680 g/mol. The normalized spacial score (nSPS) is 16.1. The van der Waals surface area contributed by atoms with Crippen molar-refractivity contribution in [2.45, 2.75) is 12.3 Å². The van der Waals surface area contributed by atoms with Crippen LogP contribution in [-0.4, -0.2) is 5.84 Å². The standard InChI is InChI=1S/C49H33N3O/c1-2-13-31(14-3-1)47-50-48(34-25-24-30-12-4-5-15-32(30)28-34)52-49(51-47)41-21-11-23-44-46(41)45-35(20-10-22-43(45)53-44)33-26-27-40-38-18-7-6-16-36(38)37-17-8-9-19-39(37)42(40)29-33/h1-29,47-48,50H,(H,51,52). The fraction of sp³-hybridized carbons (Fsp3) is 0.0408. The van der Waals surface area contributed by atoms with Crippen molar-refractivity contribution in [2.24, 2.45) is 4.99 Å². The molecule has 4 heteroatoms. The van der Waals surface area contributed by atoms with E-state index in [9.17, 15) is 0 Å². The van der Waals surface area contributed by atoms with Gasteiger partial charge in [-0.2, -0.15) is 0 Å². The summed E-state index contributed by atoms with van der Waals surface area (Å²) in [5.41, 5.74) is 7.25. The zero-order valence-electron chi connectivity index (χ0n) is 28.8. The zero-order valence-corrected chi connectivity index (χ0v) is 28.8. The summed E-state index contributed by atoms with van der Waals surface area (Å²) in [5.74, 6) is 0.829. The average Bonchev–Trinajstić information content (AvgIpc) is 3.63. The van der Waals surface area contributed by atoms with Crippen LogP contribution in [0.25, 0.3) is 76.2 Å². The molecule has 1 aliphatic heterocycles. The molecule has 0 bridgehead atoms. The highest BCUT2D eigenvalue weighted by Gasteiger charge is 2.28. The summed E-state index contributed by atoms with van der Waals surface area (Å²) in [7, 11) is 0. The van der Waals surface area contributed by atoms with Crippen LogP contribution in [-0.2, 0) is 0 Å². The first-order chi connectivity index (χ1) is 26.3. The SMILES string of the molecule is c1ccc(C2NC(c3cccc4oc5cccc(-c6ccc7c8ccccc8c8ccccc8c7c6)c5c34)=NC(c3ccc4ccccc4c3)N2)cc1. The fourth-order valence-corrected chi connectivity index (χ4v) is 8.44. The summed E-state index contributed by atoms with van der Waals surface area (Å²) >= 11 is 0. The first kappa shape index (κ1) is 29.9. The molecule has 0 amide bonds. The van der Waals surface area contributed by atoms with E-state index in [-0.39, 0.29) is 12.3 Å². The number of benzene rings is 9. The molecule has 1 aliphatic rings. The summed E-state index contributed by atoms with van der Waals surface area (Å²) in [6.45, 7) is 0. The van der Waals surface area contributed by atoms with Crippen molar-refractivity contribution < 1.29 is 4.42 Å². The topological polar surface area (TPSA) is 49.6 Å². The molecule has 10 aromatic rings. The molecule has 4 nitrogen and oxygen atoms in total. The Labute approximate surface area is 306 Å².